The van der Waals surface area contributed by atoms with Crippen LogP contribution in [0.3, 0.4) is 0 Å². The summed E-state index contributed by atoms with van der Waals surface area (Å²) in [6.45, 7) is 2.31. The van der Waals surface area contributed by atoms with Crippen molar-refractivity contribution in [3.8, 4) is 0 Å². The van der Waals surface area contributed by atoms with E-state index in [1.165, 1.54) is 0 Å². The molecule has 1 aromatic carbocycles. The molecule has 0 bridgehead atoms. The molecule has 78 valence electrons. The van der Waals surface area contributed by atoms with Crippen molar-refractivity contribution in [3.63, 3.8) is 0 Å². The summed E-state index contributed by atoms with van der Waals surface area (Å²) in [6, 6.07) is 5.91. The number of rotatable bonds is 5. The molecule has 0 aliphatic rings. The monoisotopic (exact) mass is 277 g/mol. The van der Waals surface area contributed by atoms with Gasteiger partial charge in [0, 0.05) is 24.7 Å². The summed E-state index contributed by atoms with van der Waals surface area (Å²) in [7, 11) is 1.69. The summed E-state index contributed by atoms with van der Waals surface area (Å²) in [4.78, 5) is 0. The highest BCUT2D eigenvalue weighted by atomic mass is 79.9. The van der Waals surface area contributed by atoms with Crippen LogP contribution in [-0.4, -0.2) is 20.3 Å². The predicted octanol–water partition coefficient (Wildman–Crippen LogP) is 2.84. The fourth-order valence-electron chi connectivity index (χ4n) is 1.08. The first-order valence-electron chi connectivity index (χ1n) is 4.38. The maximum atomic E-state index is 6.09. The van der Waals surface area contributed by atoms with Crippen LogP contribution in [0.4, 0.5) is 0 Å². The molecule has 2 nitrogen and oxygen atoms in total. The summed E-state index contributed by atoms with van der Waals surface area (Å²) in [5, 5.41) is 4.02. The van der Waals surface area contributed by atoms with Crippen molar-refractivity contribution >= 4 is 27.5 Å². The molecule has 0 saturated heterocycles. The predicted molar refractivity (Wildman–Crippen MR) is 62.7 cm³/mol. The van der Waals surface area contributed by atoms with Gasteiger partial charge in [-0.2, -0.15) is 0 Å². The van der Waals surface area contributed by atoms with Gasteiger partial charge in [0.15, 0.2) is 0 Å². The maximum Gasteiger partial charge on any atom is 0.0592 e. The molecule has 0 saturated carbocycles. The molecule has 1 rings (SSSR count). The molecule has 0 aliphatic carbocycles. The van der Waals surface area contributed by atoms with Crippen molar-refractivity contribution in [1.82, 2.24) is 5.32 Å². The molecule has 0 radical (unpaired) electrons. The van der Waals surface area contributed by atoms with Gasteiger partial charge < -0.3 is 10.1 Å². The minimum Gasteiger partial charge on any atom is -0.383 e. The summed E-state index contributed by atoms with van der Waals surface area (Å²) in [5.74, 6) is 0. The second-order valence-electron chi connectivity index (χ2n) is 2.88. The standard InChI is InChI=1S/C10H13BrClNO/c1-14-6-5-13-7-8-3-2-4-9(11)10(8)12/h2-4,13H,5-7H2,1H3. The van der Waals surface area contributed by atoms with Crippen LogP contribution >= 0.6 is 27.5 Å². The van der Waals surface area contributed by atoms with Gasteiger partial charge in [-0.1, -0.05) is 23.7 Å². The van der Waals surface area contributed by atoms with E-state index in [-0.39, 0.29) is 0 Å². The molecule has 0 atom stereocenters. The molecule has 0 unspecified atom stereocenters. The zero-order valence-corrected chi connectivity index (χ0v) is 10.4. The highest BCUT2D eigenvalue weighted by Gasteiger charge is 2.02. The van der Waals surface area contributed by atoms with E-state index in [2.05, 4.69) is 21.2 Å². The maximum absolute atomic E-state index is 6.09. The number of nitrogens with one attached hydrogen (secondary N) is 1. The number of hydrogen-bond donors (Lipinski definition) is 1. The van der Waals surface area contributed by atoms with E-state index in [0.29, 0.717) is 6.61 Å². The van der Waals surface area contributed by atoms with Crippen molar-refractivity contribution in [2.24, 2.45) is 0 Å². The topological polar surface area (TPSA) is 21.3 Å². The highest BCUT2D eigenvalue weighted by Crippen LogP contribution is 2.25. The Hall–Kier alpha value is -0.0900. The zero-order chi connectivity index (χ0) is 10.4. The third-order valence-corrected chi connectivity index (χ3v) is 3.17. The van der Waals surface area contributed by atoms with Crippen molar-refractivity contribution < 1.29 is 4.74 Å². The van der Waals surface area contributed by atoms with E-state index in [4.69, 9.17) is 16.3 Å². The number of methoxy groups -OCH3 is 1. The van der Waals surface area contributed by atoms with Crippen molar-refractivity contribution in [3.05, 3.63) is 33.3 Å². The first-order valence-corrected chi connectivity index (χ1v) is 5.55. The van der Waals surface area contributed by atoms with E-state index in [1.807, 2.05) is 18.2 Å². The van der Waals surface area contributed by atoms with Crippen LogP contribution in [-0.2, 0) is 11.3 Å². The van der Waals surface area contributed by atoms with E-state index in [1.54, 1.807) is 7.11 Å². The van der Waals surface area contributed by atoms with E-state index in [9.17, 15) is 0 Å². The number of hydrogen-bond acceptors (Lipinski definition) is 2. The minimum absolute atomic E-state index is 0.714. The Labute approximate surface area is 97.7 Å². The molecule has 0 spiro atoms. The van der Waals surface area contributed by atoms with Crippen LogP contribution < -0.4 is 5.32 Å². The summed E-state index contributed by atoms with van der Waals surface area (Å²) in [6.07, 6.45) is 0. The molecule has 0 aliphatic heterocycles. The number of benzene rings is 1. The second-order valence-corrected chi connectivity index (χ2v) is 4.11. The van der Waals surface area contributed by atoms with Gasteiger partial charge in [-0.3, -0.25) is 0 Å². The molecular formula is C10H13BrClNO. The average molecular weight is 279 g/mol. The molecule has 0 aromatic heterocycles. The third kappa shape index (κ3) is 3.58. The van der Waals surface area contributed by atoms with Gasteiger partial charge in [-0.05, 0) is 27.6 Å². The van der Waals surface area contributed by atoms with Crippen LogP contribution in [0.25, 0.3) is 0 Å². The largest absolute Gasteiger partial charge is 0.383 e. The Bertz CT molecular complexity index is 293. The first-order chi connectivity index (χ1) is 6.75. The van der Waals surface area contributed by atoms with Gasteiger partial charge in [-0.25, -0.2) is 0 Å². The summed E-state index contributed by atoms with van der Waals surface area (Å²) >= 11 is 9.47. The van der Waals surface area contributed by atoms with Crippen molar-refractivity contribution in [2.45, 2.75) is 6.54 Å². The number of ether oxygens (including phenoxy) is 1. The van der Waals surface area contributed by atoms with Gasteiger partial charge in [0.05, 0.1) is 11.6 Å². The van der Waals surface area contributed by atoms with Gasteiger partial charge in [-0.15, -0.1) is 0 Å². The second kappa shape index (κ2) is 6.40. The minimum atomic E-state index is 0.714. The summed E-state index contributed by atoms with van der Waals surface area (Å²) < 4.78 is 5.86. The summed E-state index contributed by atoms with van der Waals surface area (Å²) in [5.41, 5.74) is 1.09. The molecule has 14 heavy (non-hydrogen) atoms. The van der Waals surface area contributed by atoms with Crippen LogP contribution in [0.5, 0.6) is 0 Å². The lowest BCUT2D eigenvalue weighted by atomic mass is 10.2. The van der Waals surface area contributed by atoms with Gasteiger partial charge in [0.2, 0.25) is 0 Å². The van der Waals surface area contributed by atoms with Gasteiger partial charge >= 0.3 is 0 Å². The Balaban J connectivity index is 2.46. The quantitative estimate of drug-likeness (QED) is 0.836. The SMILES string of the molecule is COCCNCc1cccc(Br)c1Cl. The van der Waals surface area contributed by atoms with Crippen LogP contribution in [0.2, 0.25) is 5.02 Å². The van der Waals surface area contributed by atoms with Crippen molar-refractivity contribution in [2.75, 3.05) is 20.3 Å². The number of halogens is 2. The van der Waals surface area contributed by atoms with Crippen LogP contribution in [0.15, 0.2) is 22.7 Å². The molecular weight excluding hydrogens is 265 g/mol. The highest BCUT2D eigenvalue weighted by molar-refractivity contribution is 9.10. The average Bonchev–Trinajstić information content (AvgIpc) is 2.19. The van der Waals surface area contributed by atoms with Crippen LogP contribution in [0.1, 0.15) is 5.56 Å². The smallest absolute Gasteiger partial charge is 0.0592 e. The molecule has 0 heterocycles. The molecule has 0 fully saturated rings. The Morgan fingerprint density at radius 3 is 3.00 bits per heavy atom. The fourth-order valence-corrected chi connectivity index (χ4v) is 1.68. The van der Waals surface area contributed by atoms with Crippen molar-refractivity contribution in [1.29, 1.82) is 0 Å². The molecule has 1 aromatic rings. The van der Waals surface area contributed by atoms with Gasteiger partial charge in [0.1, 0.15) is 0 Å². The third-order valence-electron chi connectivity index (χ3n) is 1.83. The molecule has 0 amide bonds. The lowest BCUT2D eigenvalue weighted by Crippen LogP contribution is -2.18. The lowest BCUT2D eigenvalue weighted by molar-refractivity contribution is 0.199. The van der Waals surface area contributed by atoms with E-state index in [0.717, 1.165) is 28.1 Å². The Morgan fingerprint density at radius 2 is 2.29 bits per heavy atom. The first kappa shape index (κ1) is 12.0. The van der Waals surface area contributed by atoms with E-state index >= 15 is 0 Å². The Kier molecular flexibility index (Phi) is 5.48. The van der Waals surface area contributed by atoms with Gasteiger partial charge in [0.25, 0.3) is 0 Å². The zero-order valence-electron chi connectivity index (χ0n) is 8.02. The molecule has 4 heteroatoms. The fraction of sp³-hybridized carbons (Fsp3) is 0.400. The van der Waals surface area contributed by atoms with Crippen LogP contribution in [0, 0.1) is 0 Å². The van der Waals surface area contributed by atoms with E-state index < -0.39 is 0 Å². The molecule has 1 N–H and O–H groups in total. The normalized spacial score (nSPS) is 10.5. The lowest BCUT2D eigenvalue weighted by Gasteiger charge is -2.07. The Morgan fingerprint density at radius 1 is 1.50 bits per heavy atom.